The zero-order chi connectivity index (χ0) is 19.2. The van der Waals surface area contributed by atoms with E-state index in [4.69, 9.17) is 4.74 Å². The maximum absolute atomic E-state index is 12.9. The number of carbonyl (C=O) groups excluding carboxylic acids is 1. The van der Waals surface area contributed by atoms with E-state index >= 15 is 0 Å². The summed E-state index contributed by atoms with van der Waals surface area (Å²) in [6, 6.07) is 12.2. The number of fused-ring (bicyclic) bond motifs is 2. The Hall–Kier alpha value is -2.38. The lowest BCUT2D eigenvalue weighted by Crippen LogP contribution is -2.38. The van der Waals surface area contributed by atoms with Crippen molar-refractivity contribution < 1.29 is 17.9 Å². The Labute approximate surface area is 159 Å². The van der Waals surface area contributed by atoms with Gasteiger partial charge >= 0.3 is 0 Å². The van der Waals surface area contributed by atoms with Crippen LogP contribution in [0.5, 0.6) is 5.75 Å². The Morgan fingerprint density at radius 2 is 1.96 bits per heavy atom. The Bertz CT molecular complexity index is 987. The molecule has 1 atom stereocenters. The number of aryl methyl sites for hydroxylation is 1. The van der Waals surface area contributed by atoms with Crippen molar-refractivity contribution >= 4 is 21.6 Å². The van der Waals surface area contributed by atoms with E-state index in [0.29, 0.717) is 17.7 Å². The van der Waals surface area contributed by atoms with E-state index in [-0.39, 0.29) is 23.5 Å². The zero-order valence-corrected chi connectivity index (χ0v) is 16.1. The van der Waals surface area contributed by atoms with Gasteiger partial charge in [0, 0.05) is 5.69 Å². The van der Waals surface area contributed by atoms with Crippen molar-refractivity contribution in [1.82, 2.24) is 4.72 Å². The standard InChI is InChI=1S/C20H22N2O4S/c1-20(2)16-11-15(9-10-17(16)21-19(20)23)27(24,25)22-14-8-7-13-5-3-4-6-18(13)26-12-14/h3-6,9-11,14,22H,7-8,12H2,1-2H3,(H,21,23). The number of benzene rings is 2. The predicted octanol–water partition coefficient (Wildman–Crippen LogP) is 2.59. The van der Waals surface area contributed by atoms with Gasteiger partial charge < -0.3 is 10.1 Å². The second-order valence-electron chi connectivity index (χ2n) is 7.56. The maximum Gasteiger partial charge on any atom is 0.240 e. The monoisotopic (exact) mass is 386 g/mol. The number of anilines is 1. The van der Waals surface area contributed by atoms with Gasteiger partial charge in [-0.25, -0.2) is 13.1 Å². The molecule has 142 valence electrons. The first-order valence-corrected chi connectivity index (χ1v) is 10.4. The van der Waals surface area contributed by atoms with Crippen molar-refractivity contribution in [3.8, 4) is 5.75 Å². The highest BCUT2D eigenvalue weighted by Crippen LogP contribution is 2.38. The molecule has 6 nitrogen and oxygen atoms in total. The van der Waals surface area contributed by atoms with Crippen molar-refractivity contribution in [3.05, 3.63) is 53.6 Å². The fourth-order valence-corrected chi connectivity index (χ4v) is 4.83. The molecule has 1 amide bonds. The van der Waals surface area contributed by atoms with Crippen molar-refractivity contribution in [3.63, 3.8) is 0 Å². The molecule has 2 aromatic carbocycles. The van der Waals surface area contributed by atoms with Gasteiger partial charge in [0.25, 0.3) is 0 Å². The largest absolute Gasteiger partial charge is 0.492 e. The third-order valence-corrected chi connectivity index (χ3v) is 6.81. The second-order valence-corrected chi connectivity index (χ2v) is 9.28. The van der Waals surface area contributed by atoms with Gasteiger partial charge in [0.15, 0.2) is 0 Å². The number of ether oxygens (including phenoxy) is 1. The number of sulfonamides is 1. The average Bonchev–Trinajstić information content (AvgIpc) is 2.76. The van der Waals surface area contributed by atoms with Gasteiger partial charge in [0.1, 0.15) is 12.4 Å². The van der Waals surface area contributed by atoms with Gasteiger partial charge in [-0.2, -0.15) is 0 Å². The molecule has 2 aromatic rings. The van der Waals surface area contributed by atoms with Gasteiger partial charge in [-0.1, -0.05) is 18.2 Å². The SMILES string of the molecule is CC1(C)C(=O)Nc2ccc(S(=O)(=O)NC3CCc4ccccc4OC3)cc21. The molecule has 0 saturated carbocycles. The first kappa shape index (κ1) is 18.0. The highest BCUT2D eigenvalue weighted by atomic mass is 32.2. The Morgan fingerprint density at radius 1 is 1.19 bits per heavy atom. The summed E-state index contributed by atoms with van der Waals surface area (Å²) in [6.45, 7) is 3.86. The van der Waals surface area contributed by atoms with E-state index in [1.54, 1.807) is 26.0 Å². The number of nitrogens with one attached hydrogen (secondary N) is 2. The molecule has 0 aromatic heterocycles. The molecule has 0 radical (unpaired) electrons. The molecule has 2 aliphatic heterocycles. The second kappa shape index (κ2) is 6.35. The van der Waals surface area contributed by atoms with Crippen LogP contribution in [0.4, 0.5) is 5.69 Å². The van der Waals surface area contributed by atoms with Crippen molar-refractivity contribution in [2.75, 3.05) is 11.9 Å². The summed E-state index contributed by atoms with van der Waals surface area (Å²) in [5, 5.41) is 2.79. The molecule has 0 spiro atoms. The van der Waals surface area contributed by atoms with Gasteiger partial charge in [-0.3, -0.25) is 4.79 Å². The first-order chi connectivity index (χ1) is 12.8. The van der Waals surface area contributed by atoms with Gasteiger partial charge in [0.2, 0.25) is 15.9 Å². The maximum atomic E-state index is 12.9. The van der Waals surface area contributed by atoms with Crippen LogP contribution in [0, 0.1) is 0 Å². The lowest BCUT2D eigenvalue weighted by Gasteiger charge is -2.18. The van der Waals surface area contributed by atoms with Gasteiger partial charge in [-0.05, 0) is 62.1 Å². The molecule has 0 fully saturated rings. The van der Waals surface area contributed by atoms with Crippen molar-refractivity contribution in [2.45, 2.75) is 43.0 Å². The van der Waals surface area contributed by atoms with Crippen LogP contribution in [-0.2, 0) is 26.7 Å². The number of para-hydroxylation sites is 1. The summed E-state index contributed by atoms with van der Waals surface area (Å²) in [4.78, 5) is 12.2. The minimum Gasteiger partial charge on any atom is -0.492 e. The molecule has 1 unspecified atom stereocenters. The lowest BCUT2D eigenvalue weighted by atomic mass is 9.86. The van der Waals surface area contributed by atoms with Crippen LogP contribution in [0.2, 0.25) is 0 Å². The van der Waals surface area contributed by atoms with Crippen LogP contribution >= 0.6 is 0 Å². The van der Waals surface area contributed by atoms with E-state index in [9.17, 15) is 13.2 Å². The molecule has 27 heavy (non-hydrogen) atoms. The van der Waals surface area contributed by atoms with E-state index in [1.165, 1.54) is 6.07 Å². The highest BCUT2D eigenvalue weighted by molar-refractivity contribution is 7.89. The minimum absolute atomic E-state index is 0.130. The molecule has 0 aliphatic carbocycles. The summed E-state index contributed by atoms with van der Waals surface area (Å²) < 4.78 is 34.4. The normalized spacial score (nSPS) is 20.8. The van der Waals surface area contributed by atoms with Crippen LogP contribution in [0.15, 0.2) is 47.4 Å². The first-order valence-electron chi connectivity index (χ1n) is 8.96. The lowest BCUT2D eigenvalue weighted by molar-refractivity contribution is -0.119. The molecule has 4 rings (SSSR count). The minimum atomic E-state index is -3.72. The van der Waals surface area contributed by atoms with Crippen molar-refractivity contribution in [2.24, 2.45) is 0 Å². The summed E-state index contributed by atoms with van der Waals surface area (Å²) in [5.41, 5.74) is 1.69. The average molecular weight is 386 g/mol. The fraction of sp³-hybridized carbons (Fsp3) is 0.350. The smallest absolute Gasteiger partial charge is 0.240 e. The van der Waals surface area contributed by atoms with Gasteiger partial charge in [-0.15, -0.1) is 0 Å². The van der Waals surface area contributed by atoms with Gasteiger partial charge in [0.05, 0.1) is 16.4 Å². The molecule has 0 saturated heterocycles. The van der Waals surface area contributed by atoms with E-state index in [1.807, 2.05) is 24.3 Å². The molecule has 2 heterocycles. The molecular weight excluding hydrogens is 364 g/mol. The summed E-state index contributed by atoms with van der Waals surface area (Å²) in [5.74, 6) is 0.679. The highest BCUT2D eigenvalue weighted by Gasteiger charge is 2.39. The zero-order valence-electron chi connectivity index (χ0n) is 15.3. The van der Waals surface area contributed by atoms with E-state index in [0.717, 1.165) is 17.7 Å². The molecule has 0 bridgehead atoms. The number of carbonyl (C=O) groups is 1. The Balaban J connectivity index is 1.55. The molecule has 7 heteroatoms. The van der Waals surface area contributed by atoms with E-state index in [2.05, 4.69) is 10.0 Å². The van der Waals surface area contributed by atoms with Crippen LogP contribution in [-0.4, -0.2) is 27.0 Å². The fourth-order valence-electron chi connectivity index (χ4n) is 3.55. The van der Waals surface area contributed by atoms with Crippen LogP contribution in [0.1, 0.15) is 31.4 Å². The summed E-state index contributed by atoms with van der Waals surface area (Å²) in [6.07, 6.45) is 1.41. The number of rotatable bonds is 3. The number of hydrogen-bond donors (Lipinski definition) is 2. The van der Waals surface area contributed by atoms with Crippen LogP contribution < -0.4 is 14.8 Å². The van der Waals surface area contributed by atoms with Crippen LogP contribution in [0.25, 0.3) is 0 Å². The Morgan fingerprint density at radius 3 is 2.78 bits per heavy atom. The third-order valence-electron chi connectivity index (χ3n) is 5.29. The third kappa shape index (κ3) is 3.21. The Kier molecular flexibility index (Phi) is 4.24. The topological polar surface area (TPSA) is 84.5 Å². The summed E-state index contributed by atoms with van der Waals surface area (Å²) >= 11 is 0. The molecule has 2 aliphatic rings. The predicted molar refractivity (Wildman–Crippen MR) is 102 cm³/mol. The van der Waals surface area contributed by atoms with Crippen LogP contribution in [0.3, 0.4) is 0 Å². The number of amides is 1. The molecular formula is C20H22N2O4S. The summed E-state index contributed by atoms with van der Waals surface area (Å²) in [7, 11) is -3.72. The number of hydrogen-bond acceptors (Lipinski definition) is 4. The van der Waals surface area contributed by atoms with Crippen molar-refractivity contribution in [1.29, 1.82) is 0 Å². The molecule has 2 N–H and O–H groups in total. The quantitative estimate of drug-likeness (QED) is 0.849. The van der Waals surface area contributed by atoms with E-state index < -0.39 is 15.4 Å².